The average Bonchev–Trinajstić information content (AvgIpc) is 3.09. The van der Waals surface area contributed by atoms with Gasteiger partial charge in [0.15, 0.2) is 5.96 Å². The van der Waals surface area contributed by atoms with Crippen LogP contribution in [-0.4, -0.2) is 36.2 Å². The van der Waals surface area contributed by atoms with Crippen LogP contribution in [0.25, 0.3) is 11.4 Å². The van der Waals surface area contributed by atoms with Gasteiger partial charge in [-0.25, -0.2) is 0 Å². The molecule has 0 amide bonds. The molecule has 0 spiro atoms. The van der Waals surface area contributed by atoms with Gasteiger partial charge in [-0.2, -0.15) is 4.98 Å². The van der Waals surface area contributed by atoms with Gasteiger partial charge in [-0.05, 0) is 30.7 Å². The van der Waals surface area contributed by atoms with Crippen LogP contribution < -0.4 is 10.6 Å². The Hall–Kier alpha value is -2.08. The molecule has 2 rings (SSSR count). The Labute approximate surface area is 154 Å². The summed E-state index contributed by atoms with van der Waals surface area (Å²) in [6, 6.07) is 7.37. The zero-order valence-electron chi connectivity index (χ0n) is 14.9. The lowest BCUT2D eigenvalue weighted by atomic mass is 10.2. The second-order valence-corrected chi connectivity index (χ2v) is 6.19. The standard InChI is InChI=1S/C18H26ClN5O/c1-3-4-5-6-12-21-18(20-2)22-13-11-16-23-17(24-25-16)14-7-9-15(19)10-8-14/h7-10H,3-6,11-13H2,1-2H3,(H2,20,21,22). The number of benzene rings is 1. The van der Waals surface area contributed by atoms with Crippen molar-refractivity contribution in [1.29, 1.82) is 0 Å². The highest BCUT2D eigenvalue weighted by molar-refractivity contribution is 6.30. The highest BCUT2D eigenvalue weighted by Gasteiger charge is 2.08. The second kappa shape index (κ2) is 10.7. The molecule has 0 atom stereocenters. The summed E-state index contributed by atoms with van der Waals surface area (Å²) in [5, 5.41) is 11.3. The van der Waals surface area contributed by atoms with Crippen molar-refractivity contribution in [2.75, 3.05) is 20.1 Å². The first-order chi connectivity index (χ1) is 12.2. The maximum atomic E-state index is 5.89. The number of unbranched alkanes of at least 4 members (excludes halogenated alkanes) is 3. The van der Waals surface area contributed by atoms with Crippen molar-refractivity contribution in [3.05, 3.63) is 35.2 Å². The van der Waals surface area contributed by atoms with Crippen LogP contribution in [0, 0.1) is 0 Å². The van der Waals surface area contributed by atoms with Crippen molar-refractivity contribution in [3.63, 3.8) is 0 Å². The molecule has 0 saturated heterocycles. The number of nitrogens with one attached hydrogen (secondary N) is 2. The smallest absolute Gasteiger partial charge is 0.228 e. The van der Waals surface area contributed by atoms with E-state index in [9.17, 15) is 0 Å². The molecule has 0 radical (unpaired) electrons. The molecule has 0 aliphatic carbocycles. The summed E-state index contributed by atoms with van der Waals surface area (Å²) in [7, 11) is 1.77. The first-order valence-corrected chi connectivity index (χ1v) is 9.13. The molecule has 136 valence electrons. The highest BCUT2D eigenvalue weighted by atomic mass is 35.5. The predicted octanol–water partition coefficient (Wildman–Crippen LogP) is 3.68. The van der Waals surface area contributed by atoms with Crippen molar-refractivity contribution in [2.45, 2.75) is 39.0 Å². The van der Waals surface area contributed by atoms with Gasteiger partial charge in [-0.3, -0.25) is 4.99 Å². The van der Waals surface area contributed by atoms with Crippen LogP contribution in [0.4, 0.5) is 0 Å². The SMILES string of the molecule is CCCCCCNC(=NC)NCCc1nc(-c2ccc(Cl)cc2)no1. The highest BCUT2D eigenvalue weighted by Crippen LogP contribution is 2.18. The maximum Gasteiger partial charge on any atom is 0.228 e. The van der Waals surface area contributed by atoms with E-state index in [0.29, 0.717) is 29.7 Å². The van der Waals surface area contributed by atoms with Crippen LogP contribution in [0.15, 0.2) is 33.8 Å². The van der Waals surface area contributed by atoms with E-state index in [-0.39, 0.29) is 0 Å². The lowest BCUT2D eigenvalue weighted by Crippen LogP contribution is -2.38. The second-order valence-electron chi connectivity index (χ2n) is 5.76. The molecule has 1 aromatic carbocycles. The molecule has 25 heavy (non-hydrogen) atoms. The van der Waals surface area contributed by atoms with Gasteiger partial charge < -0.3 is 15.2 Å². The van der Waals surface area contributed by atoms with Crippen molar-refractivity contribution in [2.24, 2.45) is 4.99 Å². The van der Waals surface area contributed by atoms with E-state index in [0.717, 1.165) is 24.5 Å². The Bertz CT molecular complexity index is 654. The van der Waals surface area contributed by atoms with E-state index in [2.05, 4.69) is 32.7 Å². The van der Waals surface area contributed by atoms with E-state index >= 15 is 0 Å². The molecule has 2 N–H and O–H groups in total. The van der Waals surface area contributed by atoms with Gasteiger partial charge in [-0.1, -0.05) is 42.9 Å². The molecule has 0 bridgehead atoms. The topological polar surface area (TPSA) is 75.3 Å². The van der Waals surface area contributed by atoms with Gasteiger partial charge >= 0.3 is 0 Å². The van der Waals surface area contributed by atoms with Crippen LogP contribution >= 0.6 is 11.6 Å². The molecular formula is C18H26ClN5O. The lowest BCUT2D eigenvalue weighted by molar-refractivity contribution is 0.378. The number of rotatable bonds is 9. The summed E-state index contributed by atoms with van der Waals surface area (Å²) in [5.41, 5.74) is 0.886. The zero-order chi connectivity index (χ0) is 17.9. The molecule has 7 heteroatoms. The number of aliphatic imine (C=N–C) groups is 1. The van der Waals surface area contributed by atoms with Gasteiger partial charge in [0.1, 0.15) is 0 Å². The van der Waals surface area contributed by atoms with Gasteiger partial charge in [0.05, 0.1) is 0 Å². The Morgan fingerprint density at radius 3 is 2.60 bits per heavy atom. The fraction of sp³-hybridized carbons (Fsp3) is 0.500. The number of hydrogen-bond donors (Lipinski definition) is 2. The van der Waals surface area contributed by atoms with Gasteiger partial charge in [0.2, 0.25) is 11.7 Å². The molecule has 0 aliphatic rings. The van der Waals surface area contributed by atoms with Crippen molar-refractivity contribution >= 4 is 17.6 Å². The molecule has 2 aromatic rings. The first-order valence-electron chi connectivity index (χ1n) is 8.76. The number of halogens is 1. The van der Waals surface area contributed by atoms with E-state index < -0.39 is 0 Å². The lowest BCUT2D eigenvalue weighted by Gasteiger charge is -2.10. The zero-order valence-corrected chi connectivity index (χ0v) is 15.6. The van der Waals surface area contributed by atoms with E-state index in [4.69, 9.17) is 16.1 Å². The third-order valence-corrected chi connectivity index (χ3v) is 4.00. The normalized spacial score (nSPS) is 11.6. The molecule has 0 aliphatic heterocycles. The minimum absolute atomic E-state index is 0.574. The summed E-state index contributed by atoms with van der Waals surface area (Å²) in [6.07, 6.45) is 5.56. The number of aromatic nitrogens is 2. The quantitative estimate of drug-likeness (QED) is 0.404. The summed E-state index contributed by atoms with van der Waals surface area (Å²) >= 11 is 5.89. The fourth-order valence-corrected chi connectivity index (χ4v) is 2.47. The van der Waals surface area contributed by atoms with E-state index in [1.54, 1.807) is 7.05 Å². The Kier molecular flexibility index (Phi) is 8.25. The number of nitrogens with zero attached hydrogens (tertiary/aromatic N) is 3. The van der Waals surface area contributed by atoms with Crippen LogP contribution in [0.5, 0.6) is 0 Å². The molecule has 0 saturated carbocycles. The van der Waals surface area contributed by atoms with Crippen molar-refractivity contribution < 1.29 is 4.52 Å². The minimum Gasteiger partial charge on any atom is -0.356 e. The van der Waals surface area contributed by atoms with Crippen molar-refractivity contribution in [3.8, 4) is 11.4 Å². The van der Waals surface area contributed by atoms with Crippen molar-refractivity contribution in [1.82, 2.24) is 20.8 Å². The largest absolute Gasteiger partial charge is 0.356 e. The minimum atomic E-state index is 0.574. The van der Waals surface area contributed by atoms with E-state index in [1.807, 2.05) is 24.3 Å². The monoisotopic (exact) mass is 363 g/mol. The molecule has 0 fully saturated rings. The van der Waals surface area contributed by atoms with Crippen LogP contribution in [-0.2, 0) is 6.42 Å². The van der Waals surface area contributed by atoms with Gasteiger partial charge in [-0.15, -0.1) is 0 Å². The Balaban J connectivity index is 1.73. The molecular weight excluding hydrogens is 338 g/mol. The number of guanidine groups is 1. The summed E-state index contributed by atoms with van der Waals surface area (Å²) in [4.78, 5) is 8.62. The summed E-state index contributed by atoms with van der Waals surface area (Å²) < 4.78 is 5.30. The molecule has 0 unspecified atom stereocenters. The number of hydrogen-bond acceptors (Lipinski definition) is 4. The third-order valence-electron chi connectivity index (χ3n) is 3.75. The molecule has 6 nitrogen and oxygen atoms in total. The van der Waals surface area contributed by atoms with Crippen LogP contribution in [0.2, 0.25) is 5.02 Å². The first kappa shape index (κ1) is 19.2. The summed E-state index contributed by atoms with van der Waals surface area (Å²) in [5.74, 6) is 1.97. The third kappa shape index (κ3) is 6.74. The Morgan fingerprint density at radius 1 is 1.12 bits per heavy atom. The Morgan fingerprint density at radius 2 is 1.88 bits per heavy atom. The average molecular weight is 364 g/mol. The maximum absolute atomic E-state index is 5.89. The van der Waals surface area contributed by atoms with Gasteiger partial charge in [0.25, 0.3) is 0 Å². The molecule has 1 aromatic heterocycles. The fourth-order valence-electron chi connectivity index (χ4n) is 2.34. The van der Waals surface area contributed by atoms with Crippen LogP contribution in [0.1, 0.15) is 38.5 Å². The van der Waals surface area contributed by atoms with Gasteiger partial charge in [0, 0.05) is 37.1 Å². The summed E-state index contributed by atoms with van der Waals surface area (Å²) in [6.45, 7) is 3.82. The van der Waals surface area contributed by atoms with Crippen LogP contribution in [0.3, 0.4) is 0 Å². The molecule has 1 heterocycles. The predicted molar refractivity (Wildman–Crippen MR) is 102 cm³/mol. The van der Waals surface area contributed by atoms with E-state index in [1.165, 1.54) is 19.3 Å².